The molecule has 4 heteroatoms. The van der Waals surface area contributed by atoms with Gasteiger partial charge >= 0.3 is 0 Å². The minimum absolute atomic E-state index is 0.739. The molecule has 1 atom stereocenters. The summed E-state index contributed by atoms with van der Waals surface area (Å²) in [5.74, 6) is 2.64. The van der Waals surface area contributed by atoms with Gasteiger partial charge in [0.05, 0.1) is 6.54 Å². The number of nitrogens with two attached hydrogens (primary N) is 1. The van der Waals surface area contributed by atoms with Gasteiger partial charge in [0.2, 0.25) is 0 Å². The minimum atomic E-state index is 0.739. The van der Waals surface area contributed by atoms with Crippen molar-refractivity contribution in [3.8, 4) is 0 Å². The predicted molar refractivity (Wildman–Crippen MR) is 80.8 cm³/mol. The number of aryl methyl sites for hydroxylation is 1. The Balaban J connectivity index is 2.26. The normalized spacial score (nSPS) is 13.4. The van der Waals surface area contributed by atoms with E-state index in [1.807, 2.05) is 19.4 Å². The summed E-state index contributed by atoms with van der Waals surface area (Å²) in [6.45, 7) is 7.47. The van der Waals surface area contributed by atoms with Crippen LogP contribution in [0.1, 0.15) is 38.9 Å². The van der Waals surface area contributed by atoms with E-state index in [1.54, 1.807) is 0 Å². The summed E-state index contributed by atoms with van der Waals surface area (Å²) in [6, 6.07) is 0. The summed E-state index contributed by atoms with van der Waals surface area (Å²) in [4.78, 5) is 6.71. The van der Waals surface area contributed by atoms with E-state index in [0.29, 0.717) is 0 Å². The molecule has 0 aromatic carbocycles. The van der Waals surface area contributed by atoms with Crippen LogP contribution >= 0.6 is 0 Å². The molecule has 1 aromatic rings. The third kappa shape index (κ3) is 5.74. The van der Waals surface area contributed by atoms with Crippen LogP contribution in [0.2, 0.25) is 0 Å². The molecule has 0 fully saturated rings. The molecule has 1 aromatic heterocycles. The number of rotatable bonds is 9. The molecule has 1 rings (SSSR count). The smallest absolute Gasteiger partial charge is 0.122 e. The zero-order valence-corrected chi connectivity index (χ0v) is 13.0. The van der Waals surface area contributed by atoms with Crippen molar-refractivity contribution in [1.29, 1.82) is 0 Å². The van der Waals surface area contributed by atoms with E-state index >= 15 is 0 Å². The van der Waals surface area contributed by atoms with Gasteiger partial charge in [-0.15, -0.1) is 0 Å². The van der Waals surface area contributed by atoms with Gasteiger partial charge in [-0.05, 0) is 51.2 Å². The van der Waals surface area contributed by atoms with E-state index in [1.165, 1.54) is 12.8 Å². The van der Waals surface area contributed by atoms with E-state index in [4.69, 9.17) is 5.73 Å². The van der Waals surface area contributed by atoms with Crippen LogP contribution in [0, 0.1) is 11.8 Å². The van der Waals surface area contributed by atoms with Gasteiger partial charge < -0.3 is 10.3 Å². The zero-order chi connectivity index (χ0) is 14.3. The Bertz CT molecular complexity index is 346. The molecule has 0 saturated heterocycles. The van der Waals surface area contributed by atoms with Gasteiger partial charge in [0.1, 0.15) is 5.82 Å². The maximum atomic E-state index is 5.68. The molecule has 2 N–H and O–H groups in total. The van der Waals surface area contributed by atoms with Crippen LogP contribution in [0.5, 0.6) is 0 Å². The highest BCUT2D eigenvalue weighted by Gasteiger charge is 2.12. The third-order valence-corrected chi connectivity index (χ3v) is 3.93. The second kappa shape index (κ2) is 8.33. The lowest BCUT2D eigenvalue weighted by atomic mass is 9.88. The van der Waals surface area contributed by atoms with Crippen molar-refractivity contribution in [3.05, 3.63) is 18.2 Å². The highest BCUT2D eigenvalue weighted by atomic mass is 15.1. The highest BCUT2D eigenvalue weighted by molar-refractivity contribution is 4.90. The van der Waals surface area contributed by atoms with Crippen LogP contribution < -0.4 is 5.73 Å². The number of nitrogens with zero attached hydrogens (tertiary/aromatic N) is 3. The van der Waals surface area contributed by atoms with Crippen LogP contribution in [0.4, 0.5) is 0 Å². The van der Waals surface area contributed by atoms with E-state index < -0.39 is 0 Å². The van der Waals surface area contributed by atoms with E-state index in [0.717, 1.165) is 43.7 Å². The van der Waals surface area contributed by atoms with Gasteiger partial charge in [0.25, 0.3) is 0 Å². The molecule has 4 nitrogen and oxygen atoms in total. The SMILES string of the molecule is CC(C)C(CCN)CCCN(C)Cc1nccn1C. The van der Waals surface area contributed by atoms with Crippen molar-refractivity contribution in [2.45, 2.75) is 39.7 Å². The average molecular weight is 266 g/mol. The molecule has 0 aliphatic heterocycles. The van der Waals surface area contributed by atoms with Crippen molar-refractivity contribution >= 4 is 0 Å². The summed E-state index contributed by atoms with van der Waals surface area (Å²) in [5, 5.41) is 0. The molecular formula is C15H30N4. The number of imidazole rings is 1. The standard InChI is InChI=1S/C15H30N4/c1-13(2)14(7-8-16)6-5-10-18(3)12-15-17-9-11-19(15)4/h9,11,13-14H,5-8,10,12,16H2,1-4H3. The maximum absolute atomic E-state index is 5.68. The van der Waals surface area contributed by atoms with Gasteiger partial charge in [0, 0.05) is 19.4 Å². The molecule has 19 heavy (non-hydrogen) atoms. The first kappa shape index (κ1) is 16.2. The van der Waals surface area contributed by atoms with Gasteiger partial charge in [-0.3, -0.25) is 4.90 Å². The highest BCUT2D eigenvalue weighted by Crippen LogP contribution is 2.20. The predicted octanol–water partition coefficient (Wildman–Crippen LogP) is 2.25. The molecule has 0 radical (unpaired) electrons. The lowest BCUT2D eigenvalue weighted by molar-refractivity contribution is 0.272. The molecular weight excluding hydrogens is 236 g/mol. The van der Waals surface area contributed by atoms with Crippen molar-refractivity contribution in [2.75, 3.05) is 20.1 Å². The van der Waals surface area contributed by atoms with Crippen LogP contribution in [0.25, 0.3) is 0 Å². The summed E-state index contributed by atoms with van der Waals surface area (Å²) < 4.78 is 2.09. The fourth-order valence-corrected chi connectivity index (χ4v) is 2.52. The van der Waals surface area contributed by atoms with Gasteiger partial charge in [0.15, 0.2) is 0 Å². The Labute approximate surface area is 118 Å². The summed E-state index contributed by atoms with van der Waals surface area (Å²) in [7, 11) is 4.22. The largest absolute Gasteiger partial charge is 0.337 e. The van der Waals surface area contributed by atoms with E-state index in [2.05, 4.69) is 35.3 Å². The molecule has 0 saturated carbocycles. The molecule has 0 aliphatic carbocycles. The van der Waals surface area contributed by atoms with Crippen LogP contribution in [0.3, 0.4) is 0 Å². The van der Waals surface area contributed by atoms with Crippen molar-refractivity contribution in [3.63, 3.8) is 0 Å². The maximum Gasteiger partial charge on any atom is 0.122 e. The second-order valence-corrected chi connectivity index (χ2v) is 5.92. The van der Waals surface area contributed by atoms with Gasteiger partial charge in [-0.25, -0.2) is 4.98 Å². The average Bonchev–Trinajstić information content (AvgIpc) is 2.73. The lowest BCUT2D eigenvalue weighted by Crippen LogP contribution is -2.22. The minimum Gasteiger partial charge on any atom is -0.337 e. The zero-order valence-electron chi connectivity index (χ0n) is 13.0. The first-order chi connectivity index (χ1) is 9.04. The molecule has 1 unspecified atom stereocenters. The first-order valence-corrected chi connectivity index (χ1v) is 7.39. The molecule has 1 heterocycles. The van der Waals surface area contributed by atoms with Crippen molar-refractivity contribution in [2.24, 2.45) is 24.6 Å². The quantitative estimate of drug-likeness (QED) is 0.746. The molecule has 0 spiro atoms. The van der Waals surface area contributed by atoms with Gasteiger partial charge in [-0.2, -0.15) is 0 Å². The number of hydrogen-bond acceptors (Lipinski definition) is 3. The lowest BCUT2D eigenvalue weighted by Gasteiger charge is -2.22. The Hall–Kier alpha value is -0.870. The molecule has 110 valence electrons. The summed E-state index contributed by atoms with van der Waals surface area (Å²) in [5.41, 5.74) is 5.68. The molecule has 0 amide bonds. The fraction of sp³-hybridized carbons (Fsp3) is 0.800. The van der Waals surface area contributed by atoms with Crippen molar-refractivity contribution < 1.29 is 0 Å². The Morgan fingerprint density at radius 2 is 2.11 bits per heavy atom. The topological polar surface area (TPSA) is 47.1 Å². The van der Waals surface area contributed by atoms with Crippen molar-refractivity contribution in [1.82, 2.24) is 14.5 Å². The summed E-state index contributed by atoms with van der Waals surface area (Å²) >= 11 is 0. The number of hydrogen-bond donors (Lipinski definition) is 1. The van der Waals surface area contributed by atoms with E-state index in [-0.39, 0.29) is 0 Å². The molecule has 0 bridgehead atoms. The van der Waals surface area contributed by atoms with Gasteiger partial charge in [-0.1, -0.05) is 13.8 Å². The van der Waals surface area contributed by atoms with Crippen LogP contribution in [-0.4, -0.2) is 34.6 Å². The Morgan fingerprint density at radius 3 is 2.63 bits per heavy atom. The second-order valence-electron chi connectivity index (χ2n) is 5.92. The van der Waals surface area contributed by atoms with Crippen LogP contribution in [0.15, 0.2) is 12.4 Å². The Morgan fingerprint density at radius 1 is 1.37 bits per heavy atom. The number of aromatic nitrogens is 2. The van der Waals surface area contributed by atoms with E-state index in [9.17, 15) is 0 Å². The van der Waals surface area contributed by atoms with Crippen LogP contribution in [-0.2, 0) is 13.6 Å². The third-order valence-electron chi connectivity index (χ3n) is 3.93. The molecule has 0 aliphatic rings. The summed E-state index contributed by atoms with van der Waals surface area (Å²) in [6.07, 6.45) is 7.53. The fourth-order valence-electron chi connectivity index (χ4n) is 2.52. The monoisotopic (exact) mass is 266 g/mol. The Kier molecular flexibility index (Phi) is 7.10. The first-order valence-electron chi connectivity index (χ1n) is 7.39.